The van der Waals surface area contributed by atoms with E-state index in [1.165, 1.54) is 24.3 Å². The number of carboxylic acids is 1. The van der Waals surface area contributed by atoms with Gasteiger partial charge in [0.15, 0.2) is 0 Å². The molecule has 0 saturated carbocycles. The molecular weight excluding hydrogens is 325 g/mol. The van der Waals surface area contributed by atoms with Gasteiger partial charge in [0.25, 0.3) is 0 Å². The van der Waals surface area contributed by atoms with Gasteiger partial charge in [-0.25, -0.2) is 13.1 Å². The molecule has 2 atom stereocenters. The van der Waals surface area contributed by atoms with Gasteiger partial charge < -0.3 is 5.11 Å². The summed E-state index contributed by atoms with van der Waals surface area (Å²) in [5.74, 6) is -1.68. The van der Waals surface area contributed by atoms with Crippen LogP contribution in [0.3, 0.4) is 0 Å². The summed E-state index contributed by atoms with van der Waals surface area (Å²) in [6, 6.07) is 3.80. The average Bonchev–Trinajstić information content (AvgIpc) is 2.76. The maximum atomic E-state index is 12.2. The Bertz CT molecular complexity index is 652. The van der Waals surface area contributed by atoms with Gasteiger partial charge in [-0.05, 0) is 18.6 Å². The van der Waals surface area contributed by atoms with E-state index in [1.54, 1.807) is 6.07 Å². The minimum atomic E-state index is -3.91. The Morgan fingerprint density at radius 1 is 1.25 bits per heavy atom. The molecule has 1 aliphatic carbocycles. The standard InChI is InChI=1S/C12H11Cl2NO4S/c13-9-2-1-3-10(14)11(9)20(18,19)15-8-5-4-7(6-8)12(16)17/h1-5,7-8,15H,6H2,(H,16,17). The predicted molar refractivity (Wildman–Crippen MR) is 75.5 cm³/mol. The van der Waals surface area contributed by atoms with E-state index in [9.17, 15) is 13.2 Å². The van der Waals surface area contributed by atoms with Gasteiger partial charge in [0.05, 0.1) is 16.0 Å². The zero-order valence-corrected chi connectivity index (χ0v) is 12.4. The molecule has 0 spiro atoms. The number of halogens is 2. The Hall–Kier alpha value is -1.08. The molecule has 0 heterocycles. The van der Waals surface area contributed by atoms with Crippen LogP contribution in [-0.4, -0.2) is 25.5 Å². The molecule has 0 aliphatic heterocycles. The highest BCUT2D eigenvalue weighted by atomic mass is 35.5. The molecule has 2 unspecified atom stereocenters. The minimum Gasteiger partial charge on any atom is -0.481 e. The molecule has 0 amide bonds. The summed E-state index contributed by atoms with van der Waals surface area (Å²) >= 11 is 11.7. The maximum absolute atomic E-state index is 12.2. The SMILES string of the molecule is O=C(O)C1C=CC(NS(=O)(=O)c2c(Cl)cccc2Cl)C1. The topological polar surface area (TPSA) is 83.5 Å². The first-order chi connectivity index (χ1) is 9.31. The summed E-state index contributed by atoms with van der Waals surface area (Å²) in [7, 11) is -3.91. The Kier molecular flexibility index (Phi) is 4.39. The van der Waals surface area contributed by atoms with E-state index in [0.29, 0.717) is 0 Å². The summed E-state index contributed by atoms with van der Waals surface area (Å²) < 4.78 is 26.9. The van der Waals surface area contributed by atoms with Crippen LogP contribution in [0.2, 0.25) is 10.0 Å². The third-order valence-corrected chi connectivity index (χ3v) is 5.34. The number of benzene rings is 1. The largest absolute Gasteiger partial charge is 0.481 e. The van der Waals surface area contributed by atoms with Gasteiger partial charge in [0.2, 0.25) is 10.0 Å². The van der Waals surface area contributed by atoms with Crippen molar-refractivity contribution in [3.8, 4) is 0 Å². The molecule has 0 saturated heterocycles. The second kappa shape index (κ2) is 5.73. The van der Waals surface area contributed by atoms with Gasteiger partial charge >= 0.3 is 5.97 Å². The molecule has 108 valence electrons. The lowest BCUT2D eigenvalue weighted by molar-refractivity contribution is -0.140. The Morgan fingerprint density at radius 3 is 2.35 bits per heavy atom. The molecule has 0 fully saturated rings. The van der Waals surface area contributed by atoms with Crippen LogP contribution in [0.1, 0.15) is 6.42 Å². The van der Waals surface area contributed by atoms with Gasteiger partial charge in [-0.15, -0.1) is 0 Å². The molecule has 8 heteroatoms. The fourth-order valence-electron chi connectivity index (χ4n) is 1.97. The second-order valence-corrected chi connectivity index (χ2v) is 6.81. The Labute approximate surface area is 126 Å². The third-order valence-electron chi connectivity index (χ3n) is 2.89. The second-order valence-electron chi connectivity index (χ2n) is 4.34. The Balaban J connectivity index is 2.22. The van der Waals surface area contributed by atoms with E-state index in [1.807, 2.05) is 0 Å². The van der Waals surface area contributed by atoms with Crippen molar-refractivity contribution in [3.05, 3.63) is 40.4 Å². The lowest BCUT2D eigenvalue weighted by Crippen LogP contribution is -2.33. The van der Waals surface area contributed by atoms with E-state index < -0.39 is 28.0 Å². The van der Waals surface area contributed by atoms with Gasteiger partial charge in [-0.1, -0.05) is 41.4 Å². The number of hydrogen-bond donors (Lipinski definition) is 2. The third kappa shape index (κ3) is 3.15. The summed E-state index contributed by atoms with van der Waals surface area (Å²) in [5, 5.41) is 8.89. The summed E-state index contributed by atoms with van der Waals surface area (Å²) in [5.41, 5.74) is 0. The number of nitrogens with one attached hydrogen (secondary N) is 1. The fourth-order valence-corrected chi connectivity index (χ4v) is 4.31. The smallest absolute Gasteiger partial charge is 0.310 e. The molecule has 2 rings (SSSR count). The van der Waals surface area contributed by atoms with Crippen LogP contribution in [0.4, 0.5) is 0 Å². The monoisotopic (exact) mass is 335 g/mol. The van der Waals surface area contributed by atoms with Crippen LogP contribution in [0.5, 0.6) is 0 Å². The van der Waals surface area contributed by atoms with E-state index in [-0.39, 0.29) is 21.4 Å². The van der Waals surface area contributed by atoms with E-state index >= 15 is 0 Å². The number of hydrogen-bond acceptors (Lipinski definition) is 3. The van der Waals surface area contributed by atoms with Crippen molar-refractivity contribution in [2.24, 2.45) is 5.92 Å². The lowest BCUT2D eigenvalue weighted by atomic mass is 10.1. The molecular formula is C12H11Cl2NO4S. The van der Waals surface area contributed by atoms with Crippen LogP contribution in [-0.2, 0) is 14.8 Å². The van der Waals surface area contributed by atoms with Crippen molar-refractivity contribution in [3.63, 3.8) is 0 Å². The quantitative estimate of drug-likeness (QED) is 0.827. The van der Waals surface area contributed by atoms with Crippen molar-refractivity contribution in [1.82, 2.24) is 4.72 Å². The zero-order valence-electron chi connectivity index (χ0n) is 10.1. The highest BCUT2D eigenvalue weighted by Gasteiger charge is 2.29. The van der Waals surface area contributed by atoms with Crippen molar-refractivity contribution >= 4 is 39.2 Å². The molecule has 5 nitrogen and oxygen atoms in total. The summed E-state index contributed by atoms with van der Waals surface area (Å²) in [4.78, 5) is 10.6. The number of carboxylic acid groups (broad SMARTS) is 1. The molecule has 1 aliphatic rings. The van der Waals surface area contributed by atoms with Gasteiger partial charge in [0, 0.05) is 6.04 Å². The number of aliphatic carboxylic acids is 1. The van der Waals surface area contributed by atoms with Crippen LogP contribution >= 0.6 is 23.2 Å². The number of rotatable bonds is 4. The average molecular weight is 336 g/mol. The maximum Gasteiger partial charge on any atom is 0.310 e. The van der Waals surface area contributed by atoms with Crippen molar-refractivity contribution in [2.75, 3.05) is 0 Å². The molecule has 0 aromatic heterocycles. The number of carbonyl (C=O) groups is 1. The normalized spacial score (nSPS) is 22.1. The van der Waals surface area contributed by atoms with Gasteiger partial charge in [-0.2, -0.15) is 0 Å². The molecule has 1 aromatic carbocycles. The van der Waals surface area contributed by atoms with Gasteiger partial charge in [0.1, 0.15) is 4.90 Å². The van der Waals surface area contributed by atoms with Crippen molar-refractivity contribution < 1.29 is 18.3 Å². The predicted octanol–water partition coefficient (Wildman–Crippen LogP) is 2.30. The zero-order chi connectivity index (χ0) is 14.9. The van der Waals surface area contributed by atoms with Crippen LogP contribution < -0.4 is 4.72 Å². The summed E-state index contributed by atoms with van der Waals surface area (Å²) in [6.45, 7) is 0. The van der Waals surface area contributed by atoms with E-state index in [0.717, 1.165) is 0 Å². The highest BCUT2D eigenvalue weighted by molar-refractivity contribution is 7.89. The van der Waals surface area contributed by atoms with Crippen LogP contribution in [0.25, 0.3) is 0 Å². The molecule has 1 aromatic rings. The molecule has 2 N–H and O–H groups in total. The molecule has 20 heavy (non-hydrogen) atoms. The minimum absolute atomic E-state index is 0.0155. The van der Waals surface area contributed by atoms with Crippen molar-refractivity contribution in [2.45, 2.75) is 17.4 Å². The first-order valence-corrected chi connectivity index (χ1v) is 7.92. The lowest BCUT2D eigenvalue weighted by Gasteiger charge is -2.14. The first kappa shape index (κ1) is 15.3. The summed E-state index contributed by atoms with van der Waals surface area (Å²) in [6.07, 6.45) is 3.14. The highest BCUT2D eigenvalue weighted by Crippen LogP contribution is 2.30. The molecule has 0 bridgehead atoms. The Morgan fingerprint density at radius 2 is 1.85 bits per heavy atom. The first-order valence-electron chi connectivity index (χ1n) is 5.69. The van der Waals surface area contributed by atoms with Crippen LogP contribution in [0, 0.1) is 5.92 Å². The van der Waals surface area contributed by atoms with E-state index in [2.05, 4.69) is 4.72 Å². The molecule has 0 radical (unpaired) electrons. The van der Waals surface area contributed by atoms with Gasteiger partial charge in [-0.3, -0.25) is 4.79 Å². The van der Waals surface area contributed by atoms with E-state index in [4.69, 9.17) is 28.3 Å². The van der Waals surface area contributed by atoms with Crippen LogP contribution in [0.15, 0.2) is 35.2 Å². The number of sulfonamides is 1. The fraction of sp³-hybridized carbons (Fsp3) is 0.250. The van der Waals surface area contributed by atoms with Crippen molar-refractivity contribution in [1.29, 1.82) is 0 Å².